The highest BCUT2D eigenvalue weighted by Gasteiger charge is 2.63. The van der Waals surface area contributed by atoms with Crippen molar-refractivity contribution >= 4 is 11.8 Å². The van der Waals surface area contributed by atoms with Crippen LogP contribution in [0.1, 0.15) is 78.6 Å². The Morgan fingerprint density at radius 2 is 1.79 bits per heavy atom. The van der Waals surface area contributed by atoms with E-state index in [9.17, 15) is 14.7 Å². The first-order valence-corrected chi connectivity index (χ1v) is 11.7. The zero-order valence-electron chi connectivity index (χ0n) is 18.3. The van der Waals surface area contributed by atoms with Crippen LogP contribution in [-0.2, 0) is 9.59 Å². The van der Waals surface area contributed by atoms with Crippen molar-refractivity contribution in [3.63, 3.8) is 0 Å². The lowest BCUT2D eigenvalue weighted by molar-refractivity contribution is -0.149. The second-order valence-electron chi connectivity index (χ2n) is 11.3. The van der Waals surface area contributed by atoms with E-state index in [2.05, 4.69) is 27.4 Å². The zero-order valence-corrected chi connectivity index (χ0v) is 18.3. The molecule has 3 unspecified atom stereocenters. The van der Waals surface area contributed by atoms with Crippen LogP contribution in [0.25, 0.3) is 0 Å². The van der Waals surface area contributed by atoms with Crippen molar-refractivity contribution in [2.75, 3.05) is 0 Å². The average Bonchev–Trinajstić information content (AvgIpc) is 3.02. The van der Waals surface area contributed by atoms with Gasteiger partial charge in [-0.3, -0.25) is 9.59 Å². The minimum atomic E-state index is -0.711. The number of Topliss-reactive ketones (excluding diaryl/α,β-unsaturated/α-hetero) is 1. The summed E-state index contributed by atoms with van der Waals surface area (Å²) in [6.45, 7) is 11.2. The summed E-state index contributed by atoms with van der Waals surface area (Å²) >= 11 is 0. The molecule has 4 heteroatoms. The Balaban J connectivity index is 1.61. The number of carbonyl (C=O) groups excluding carboxylic acids is 1. The van der Waals surface area contributed by atoms with Gasteiger partial charge in [0, 0.05) is 12.3 Å². The van der Waals surface area contributed by atoms with E-state index in [1.54, 1.807) is 0 Å². The van der Waals surface area contributed by atoms with Gasteiger partial charge in [0.05, 0.1) is 6.10 Å². The molecule has 4 rings (SSSR count). The lowest BCUT2D eigenvalue weighted by atomic mass is 9.43. The number of fused-ring (bicyclic) bond motifs is 5. The molecule has 0 spiro atoms. The first-order chi connectivity index (χ1) is 13.6. The van der Waals surface area contributed by atoms with Crippen molar-refractivity contribution in [1.82, 2.24) is 0 Å². The highest BCUT2D eigenvalue weighted by atomic mass is 16.4. The fourth-order valence-electron chi connectivity index (χ4n) is 8.45. The molecule has 0 amide bonds. The van der Waals surface area contributed by atoms with Crippen LogP contribution in [0, 0.1) is 46.3 Å². The van der Waals surface area contributed by atoms with Gasteiger partial charge in [0.15, 0.2) is 5.78 Å². The number of aliphatic hydroxyl groups is 1. The van der Waals surface area contributed by atoms with Crippen LogP contribution in [0.3, 0.4) is 0 Å². The third-order valence-corrected chi connectivity index (χ3v) is 10.1. The quantitative estimate of drug-likeness (QED) is 0.659. The predicted octanol–water partition coefficient (Wildman–Crippen LogP) is 4.85. The van der Waals surface area contributed by atoms with Crippen LogP contribution in [0.4, 0.5) is 0 Å². The summed E-state index contributed by atoms with van der Waals surface area (Å²) < 4.78 is 0. The minimum Gasteiger partial charge on any atom is -0.481 e. The van der Waals surface area contributed by atoms with Gasteiger partial charge in [-0.15, -0.1) is 0 Å². The molecule has 0 aromatic rings. The van der Waals surface area contributed by atoms with Crippen molar-refractivity contribution in [2.24, 2.45) is 46.3 Å². The molecule has 0 bridgehead atoms. The lowest BCUT2D eigenvalue weighted by Gasteiger charge is -2.60. The van der Waals surface area contributed by atoms with Crippen LogP contribution in [0.15, 0.2) is 12.2 Å². The summed E-state index contributed by atoms with van der Waals surface area (Å²) in [5, 5.41) is 19.4. The monoisotopic (exact) mass is 402 g/mol. The van der Waals surface area contributed by atoms with Gasteiger partial charge in [-0.05, 0) is 97.4 Å². The lowest BCUT2D eigenvalue weighted by Crippen LogP contribution is -2.58. The molecule has 4 nitrogen and oxygen atoms in total. The number of hydrogen-bond donors (Lipinski definition) is 2. The van der Waals surface area contributed by atoms with Gasteiger partial charge in [0.1, 0.15) is 0 Å². The molecule has 2 N–H and O–H groups in total. The van der Waals surface area contributed by atoms with E-state index >= 15 is 0 Å². The van der Waals surface area contributed by atoms with Crippen LogP contribution >= 0.6 is 0 Å². The molecule has 4 aliphatic carbocycles. The normalized spacial score (nSPS) is 47.9. The summed E-state index contributed by atoms with van der Waals surface area (Å²) in [4.78, 5) is 24.6. The van der Waals surface area contributed by atoms with Crippen molar-refractivity contribution in [2.45, 2.75) is 84.7 Å². The number of hydrogen-bond acceptors (Lipinski definition) is 3. The Hall–Kier alpha value is -1.16. The van der Waals surface area contributed by atoms with Gasteiger partial charge in [-0.1, -0.05) is 27.4 Å². The fraction of sp³-hybridized carbons (Fsp3) is 0.840. The number of ketones is 1. The second kappa shape index (κ2) is 7.21. The van der Waals surface area contributed by atoms with E-state index in [1.807, 2.05) is 0 Å². The van der Waals surface area contributed by atoms with Gasteiger partial charge in [0.25, 0.3) is 0 Å². The molecule has 0 heterocycles. The summed E-state index contributed by atoms with van der Waals surface area (Å²) in [5.74, 6) is 1.47. The van der Waals surface area contributed by atoms with Crippen LogP contribution < -0.4 is 0 Å². The molecule has 4 fully saturated rings. The molecule has 0 radical (unpaired) electrons. The number of carbonyl (C=O) groups is 2. The van der Waals surface area contributed by atoms with Gasteiger partial charge in [-0.2, -0.15) is 0 Å². The zero-order chi connectivity index (χ0) is 21.1. The summed E-state index contributed by atoms with van der Waals surface area (Å²) in [6, 6.07) is 0. The highest BCUT2D eigenvalue weighted by Crippen LogP contribution is 2.68. The Morgan fingerprint density at radius 3 is 2.48 bits per heavy atom. The molecule has 4 saturated carbocycles. The first-order valence-electron chi connectivity index (χ1n) is 11.7. The maximum atomic E-state index is 13.6. The molecule has 9 atom stereocenters. The van der Waals surface area contributed by atoms with Gasteiger partial charge < -0.3 is 10.2 Å². The molecular formula is C25H38O4. The Kier molecular flexibility index (Phi) is 5.25. The van der Waals surface area contributed by atoms with Crippen molar-refractivity contribution in [1.29, 1.82) is 0 Å². The van der Waals surface area contributed by atoms with Crippen molar-refractivity contribution in [3.05, 3.63) is 12.2 Å². The topological polar surface area (TPSA) is 74.6 Å². The Morgan fingerprint density at radius 1 is 1.14 bits per heavy atom. The van der Waals surface area contributed by atoms with E-state index in [0.717, 1.165) is 50.5 Å². The number of allylic oxidation sites excluding steroid dienone is 1. The number of carboxylic acids is 1. The van der Waals surface area contributed by atoms with Gasteiger partial charge >= 0.3 is 5.97 Å². The standard InChI is InChI=1S/C25H38O4/c1-14(5-8-21(27)28)17-6-7-18-22-19(10-12-24(17,18)3)25(4)11-9-16(26)13-20(25)15(2)23(22)29/h14,16-20,22,26H,2,5-13H2,1,3-4H3,(H,27,28)/t14-,16-,17?,18?,19?,20+,22+,24-,25-/m1/s1. The third kappa shape index (κ3) is 3.12. The molecule has 0 aliphatic heterocycles. The van der Waals surface area contributed by atoms with E-state index in [1.165, 1.54) is 0 Å². The maximum absolute atomic E-state index is 13.6. The van der Waals surface area contributed by atoms with Gasteiger partial charge in [0.2, 0.25) is 0 Å². The molecule has 4 aliphatic rings. The maximum Gasteiger partial charge on any atom is 0.303 e. The summed E-state index contributed by atoms with van der Waals surface area (Å²) in [6.07, 6.45) is 7.63. The largest absolute Gasteiger partial charge is 0.481 e. The van der Waals surface area contributed by atoms with Crippen molar-refractivity contribution in [3.8, 4) is 0 Å². The molecule has 162 valence electrons. The molecule has 29 heavy (non-hydrogen) atoms. The van der Waals surface area contributed by atoms with E-state index in [-0.39, 0.29) is 41.0 Å². The molecular weight excluding hydrogens is 364 g/mol. The third-order valence-electron chi connectivity index (χ3n) is 10.1. The summed E-state index contributed by atoms with van der Waals surface area (Å²) in [5.41, 5.74) is 0.995. The minimum absolute atomic E-state index is 0.0782. The van der Waals surface area contributed by atoms with Crippen LogP contribution in [0.5, 0.6) is 0 Å². The molecule has 0 aromatic heterocycles. The summed E-state index contributed by atoms with van der Waals surface area (Å²) in [7, 11) is 0. The number of rotatable bonds is 4. The highest BCUT2D eigenvalue weighted by molar-refractivity contribution is 5.99. The fourth-order valence-corrected chi connectivity index (χ4v) is 8.45. The van der Waals surface area contributed by atoms with E-state index < -0.39 is 5.97 Å². The van der Waals surface area contributed by atoms with E-state index in [4.69, 9.17) is 5.11 Å². The number of aliphatic carboxylic acids is 1. The molecule has 0 aromatic carbocycles. The van der Waals surface area contributed by atoms with Gasteiger partial charge in [-0.25, -0.2) is 0 Å². The predicted molar refractivity (Wildman–Crippen MR) is 112 cm³/mol. The van der Waals surface area contributed by atoms with Crippen molar-refractivity contribution < 1.29 is 19.8 Å². The number of aliphatic hydroxyl groups excluding tert-OH is 1. The smallest absolute Gasteiger partial charge is 0.303 e. The SMILES string of the molecule is C=C1C(=O)[C@H]2C3CCC([C@H](C)CCC(=O)O)[C@@]3(C)CCC2[C@@]2(C)CC[C@@H](O)C[C@@H]12. The Bertz CT molecular complexity index is 714. The number of carboxylic acid groups (broad SMARTS) is 1. The second-order valence-corrected chi connectivity index (χ2v) is 11.3. The Labute approximate surface area is 175 Å². The average molecular weight is 403 g/mol. The van der Waals surface area contributed by atoms with Crippen LogP contribution in [0.2, 0.25) is 0 Å². The van der Waals surface area contributed by atoms with Crippen LogP contribution in [-0.4, -0.2) is 28.1 Å². The first kappa shape index (κ1) is 21.1. The van der Waals surface area contributed by atoms with E-state index in [0.29, 0.717) is 30.1 Å². The molecule has 0 saturated heterocycles.